The van der Waals surface area contributed by atoms with E-state index in [-0.39, 0.29) is 18.3 Å². The molecule has 0 unspecified atom stereocenters. The maximum absolute atomic E-state index is 11.7. The summed E-state index contributed by atoms with van der Waals surface area (Å²) in [6, 6.07) is 15.2. The number of hydrogen-bond acceptors (Lipinski definition) is 4. The average Bonchev–Trinajstić information content (AvgIpc) is 2.64. The lowest BCUT2D eigenvalue weighted by molar-refractivity contribution is -0.145. The highest BCUT2D eigenvalue weighted by Crippen LogP contribution is 2.24. The fraction of sp³-hybridized carbons (Fsp3) is 0.263. The molecule has 0 aliphatic rings. The van der Waals surface area contributed by atoms with E-state index in [1.165, 1.54) is 11.8 Å². The monoisotopic (exact) mass is 411 g/mol. The standard InChI is InChI=1S/C19H19Cl2NO3S/c20-16-7-6-15(10-17(16)21)12-26-13-19(24)25-11-18(23)22-9-8-14-4-2-1-3-5-14/h1-7,10H,8-9,11-13H2,(H,22,23). The van der Waals surface area contributed by atoms with Crippen LogP contribution in [-0.2, 0) is 26.5 Å². The summed E-state index contributed by atoms with van der Waals surface area (Å²) in [6.45, 7) is 0.243. The van der Waals surface area contributed by atoms with Crippen molar-refractivity contribution >= 4 is 46.8 Å². The minimum absolute atomic E-state index is 0.164. The van der Waals surface area contributed by atoms with Gasteiger partial charge in [-0.25, -0.2) is 0 Å². The summed E-state index contributed by atoms with van der Waals surface area (Å²) in [7, 11) is 0. The van der Waals surface area contributed by atoms with Crippen LogP contribution in [0.2, 0.25) is 10.0 Å². The molecular formula is C19H19Cl2NO3S. The summed E-state index contributed by atoms with van der Waals surface area (Å²) < 4.78 is 4.97. The van der Waals surface area contributed by atoms with Crippen molar-refractivity contribution in [3.63, 3.8) is 0 Å². The van der Waals surface area contributed by atoms with E-state index in [2.05, 4.69) is 5.32 Å². The molecule has 2 rings (SSSR count). The molecule has 0 heterocycles. The zero-order valence-electron chi connectivity index (χ0n) is 14.0. The number of hydrogen-bond donors (Lipinski definition) is 1. The largest absolute Gasteiger partial charge is 0.455 e. The molecule has 138 valence electrons. The molecule has 1 amide bonds. The van der Waals surface area contributed by atoms with E-state index in [4.69, 9.17) is 27.9 Å². The third-order valence-electron chi connectivity index (χ3n) is 3.42. The molecule has 0 radical (unpaired) electrons. The second-order valence-corrected chi connectivity index (χ2v) is 7.29. The van der Waals surface area contributed by atoms with Gasteiger partial charge in [0.05, 0.1) is 15.8 Å². The Hall–Kier alpha value is -1.69. The third-order valence-corrected chi connectivity index (χ3v) is 5.13. The van der Waals surface area contributed by atoms with Gasteiger partial charge in [-0.1, -0.05) is 59.6 Å². The number of carbonyl (C=O) groups excluding carboxylic acids is 2. The first-order valence-electron chi connectivity index (χ1n) is 8.02. The molecule has 0 aliphatic heterocycles. The van der Waals surface area contributed by atoms with E-state index in [1.54, 1.807) is 12.1 Å². The number of amides is 1. The van der Waals surface area contributed by atoms with Crippen molar-refractivity contribution in [3.8, 4) is 0 Å². The van der Waals surface area contributed by atoms with Crippen LogP contribution in [0.1, 0.15) is 11.1 Å². The predicted octanol–water partition coefficient (Wildman–Crippen LogP) is 4.13. The van der Waals surface area contributed by atoms with E-state index < -0.39 is 5.97 Å². The van der Waals surface area contributed by atoms with Gasteiger partial charge in [0, 0.05) is 12.3 Å². The molecule has 0 saturated carbocycles. The number of esters is 1. The lowest BCUT2D eigenvalue weighted by Gasteiger charge is -2.07. The van der Waals surface area contributed by atoms with Crippen LogP contribution in [0, 0.1) is 0 Å². The SMILES string of the molecule is O=C(COC(=O)CSCc1ccc(Cl)c(Cl)c1)NCCc1ccccc1. The quantitative estimate of drug-likeness (QED) is 0.630. The molecule has 4 nitrogen and oxygen atoms in total. The maximum Gasteiger partial charge on any atom is 0.316 e. The van der Waals surface area contributed by atoms with E-state index in [0.717, 1.165) is 17.5 Å². The molecule has 2 aromatic rings. The van der Waals surface area contributed by atoms with Crippen molar-refractivity contribution in [3.05, 3.63) is 69.7 Å². The highest BCUT2D eigenvalue weighted by atomic mass is 35.5. The molecule has 0 atom stereocenters. The number of ether oxygens (including phenoxy) is 1. The van der Waals surface area contributed by atoms with Crippen molar-refractivity contribution in [1.82, 2.24) is 5.32 Å². The fourth-order valence-electron chi connectivity index (χ4n) is 2.11. The number of halogens is 2. The molecule has 1 N–H and O–H groups in total. The molecule has 0 saturated heterocycles. The molecular weight excluding hydrogens is 393 g/mol. The Kier molecular flexibility index (Phi) is 8.81. The molecule has 0 spiro atoms. The van der Waals surface area contributed by atoms with Gasteiger partial charge in [0.15, 0.2) is 6.61 Å². The molecule has 0 aromatic heterocycles. The first-order valence-corrected chi connectivity index (χ1v) is 9.93. The maximum atomic E-state index is 11.7. The van der Waals surface area contributed by atoms with Crippen LogP contribution in [0.4, 0.5) is 0 Å². The van der Waals surface area contributed by atoms with E-state index in [0.29, 0.717) is 22.3 Å². The van der Waals surface area contributed by atoms with Crippen molar-refractivity contribution in [2.24, 2.45) is 0 Å². The Labute approximate surface area is 167 Å². The number of benzene rings is 2. The molecule has 0 aliphatic carbocycles. The van der Waals surface area contributed by atoms with E-state index in [9.17, 15) is 9.59 Å². The number of nitrogens with one attached hydrogen (secondary N) is 1. The Bertz CT molecular complexity index is 741. The van der Waals surface area contributed by atoms with Crippen molar-refractivity contribution in [2.45, 2.75) is 12.2 Å². The Morgan fingerprint density at radius 2 is 1.77 bits per heavy atom. The van der Waals surface area contributed by atoms with Gasteiger partial charge in [0.2, 0.25) is 0 Å². The van der Waals surface area contributed by atoms with Crippen LogP contribution < -0.4 is 5.32 Å². The van der Waals surface area contributed by atoms with Crippen molar-refractivity contribution in [2.75, 3.05) is 18.9 Å². The van der Waals surface area contributed by atoms with Gasteiger partial charge in [0.1, 0.15) is 0 Å². The summed E-state index contributed by atoms with van der Waals surface area (Å²) in [5.74, 6) is 0.0457. The zero-order chi connectivity index (χ0) is 18.8. The predicted molar refractivity (Wildman–Crippen MR) is 107 cm³/mol. The van der Waals surface area contributed by atoms with Gasteiger partial charge in [-0.15, -0.1) is 11.8 Å². The van der Waals surface area contributed by atoms with Gasteiger partial charge in [-0.05, 0) is 29.7 Å². The summed E-state index contributed by atoms with van der Waals surface area (Å²) in [6.07, 6.45) is 0.736. The van der Waals surface area contributed by atoms with Crippen LogP contribution in [0.3, 0.4) is 0 Å². The van der Waals surface area contributed by atoms with Crippen molar-refractivity contribution in [1.29, 1.82) is 0 Å². The van der Waals surface area contributed by atoms with Gasteiger partial charge < -0.3 is 10.1 Å². The second-order valence-electron chi connectivity index (χ2n) is 5.49. The van der Waals surface area contributed by atoms with E-state index >= 15 is 0 Å². The molecule has 0 fully saturated rings. The van der Waals surface area contributed by atoms with Crippen LogP contribution in [0.15, 0.2) is 48.5 Å². The lowest BCUT2D eigenvalue weighted by Crippen LogP contribution is -2.30. The first kappa shape index (κ1) is 20.6. The molecule has 2 aromatic carbocycles. The van der Waals surface area contributed by atoms with Gasteiger partial charge >= 0.3 is 5.97 Å². The zero-order valence-corrected chi connectivity index (χ0v) is 16.4. The van der Waals surface area contributed by atoms with Gasteiger partial charge in [0.25, 0.3) is 5.91 Å². The summed E-state index contributed by atoms with van der Waals surface area (Å²) >= 11 is 13.2. The normalized spacial score (nSPS) is 10.4. The fourth-order valence-corrected chi connectivity index (χ4v) is 3.20. The molecule has 0 bridgehead atoms. The Morgan fingerprint density at radius 3 is 2.50 bits per heavy atom. The lowest BCUT2D eigenvalue weighted by atomic mass is 10.1. The average molecular weight is 412 g/mol. The highest BCUT2D eigenvalue weighted by molar-refractivity contribution is 7.99. The Balaban J connectivity index is 1.57. The van der Waals surface area contributed by atoms with E-state index in [1.807, 2.05) is 36.4 Å². The topological polar surface area (TPSA) is 55.4 Å². The van der Waals surface area contributed by atoms with Gasteiger partial charge in [-0.2, -0.15) is 0 Å². The number of thioether (sulfide) groups is 1. The Morgan fingerprint density at radius 1 is 1.00 bits per heavy atom. The summed E-state index contributed by atoms with van der Waals surface area (Å²) in [4.78, 5) is 23.4. The van der Waals surface area contributed by atoms with Crippen LogP contribution >= 0.6 is 35.0 Å². The molecule has 7 heteroatoms. The minimum atomic E-state index is -0.423. The summed E-state index contributed by atoms with van der Waals surface area (Å²) in [5.41, 5.74) is 2.11. The smallest absolute Gasteiger partial charge is 0.316 e. The highest BCUT2D eigenvalue weighted by Gasteiger charge is 2.08. The minimum Gasteiger partial charge on any atom is -0.455 e. The first-order chi connectivity index (χ1) is 12.5. The number of rotatable bonds is 9. The van der Waals surface area contributed by atoms with Crippen LogP contribution in [0.25, 0.3) is 0 Å². The molecule has 26 heavy (non-hydrogen) atoms. The van der Waals surface area contributed by atoms with Crippen LogP contribution in [0.5, 0.6) is 0 Å². The third kappa shape index (κ3) is 7.68. The van der Waals surface area contributed by atoms with Crippen LogP contribution in [-0.4, -0.2) is 30.8 Å². The number of carbonyl (C=O) groups is 2. The van der Waals surface area contributed by atoms with Crippen molar-refractivity contribution < 1.29 is 14.3 Å². The summed E-state index contributed by atoms with van der Waals surface area (Å²) in [5, 5.41) is 3.71. The van der Waals surface area contributed by atoms with Gasteiger partial charge in [-0.3, -0.25) is 9.59 Å². The second kappa shape index (κ2) is 11.1.